The molecule has 0 aromatic heterocycles. The lowest BCUT2D eigenvalue weighted by Crippen LogP contribution is -2.42. The summed E-state index contributed by atoms with van der Waals surface area (Å²) in [6.45, 7) is 9.58. The highest BCUT2D eigenvalue weighted by molar-refractivity contribution is 5.73. The average Bonchev–Trinajstić information content (AvgIpc) is 2.32. The van der Waals surface area contributed by atoms with Crippen molar-refractivity contribution in [1.29, 1.82) is 0 Å². The Kier molecular flexibility index (Phi) is 6.84. The van der Waals surface area contributed by atoms with Gasteiger partial charge in [0.25, 0.3) is 0 Å². The van der Waals surface area contributed by atoms with E-state index in [9.17, 15) is 9.90 Å². The molecule has 2 unspecified atom stereocenters. The molecule has 4 atom stereocenters. The minimum absolute atomic E-state index is 0.196. The molecule has 19 heavy (non-hydrogen) atoms. The van der Waals surface area contributed by atoms with E-state index in [4.69, 9.17) is 0 Å². The van der Waals surface area contributed by atoms with E-state index < -0.39 is 5.97 Å². The average molecular weight is 269 g/mol. The molecule has 1 fully saturated rings. The topological polar surface area (TPSA) is 49.3 Å². The molecule has 0 spiro atoms. The minimum Gasteiger partial charge on any atom is -0.480 e. The van der Waals surface area contributed by atoms with E-state index in [2.05, 4.69) is 19.2 Å². The number of nitrogens with one attached hydrogen (secondary N) is 1. The van der Waals surface area contributed by atoms with Crippen molar-refractivity contribution in [3.63, 3.8) is 0 Å². The third-order valence-corrected chi connectivity index (χ3v) is 4.67. The lowest BCUT2D eigenvalue weighted by atomic mass is 9.75. The second kappa shape index (κ2) is 7.88. The maximum Gasteiger partial charge on any atom is 0.320 e. The predicted octanol–water partition coefficient (Wildman–Crippen LogP) is 3.54. The standard InChI is InChI=1S/C16H31NO2/c1-5-13(4)15(16(18)19)17-7-6-14-9-11(2)8-12(3)10-14/h11-15,17H,5-10H2,1-4H3,(H,18,19)/t11?,12?,13-,14?,15-/m0/s1. The molecule has 0 heterocycles. The van der Waals surface area contributed by atoms with Gasteiger partial charge in [-0.15, -0.1) is 0 Å². The van der Waals surface area contributed by atoms with Crippen LogP contribution in [0.4, 0.5) is 0 Å². The van der Waals surface area contributed by atoms with Gasteiger partial charge >= 0.3 is 5.97 Å². The highest BCUT2D eigenvalue weighted by atomic mass is 16.4. The maximum absolute atomic E-state index is 11.2. The van der Waals surface area contributed by atoms with Gasteiger partial charge in [0.05, 0.1) is 0 Å². The summed E-state index contributed by atoms with van der Waals surface area (Å²) in [5, 5.41) is 12.5. The molecule has 2 N–H and O–H groups in total. The molecular formula is C16H31NO2. The first-order valence-electron chi connectivity index (χ1n) is 7.90. The number of rotatable bonds is 7. The van der Waals surface area contributed by atoms with Crippen molar-refractivity contribution in [2.45, 2.75) is 65.8 Å². The Bertz CT molecular complexity index is 270. The van der Waals surface area contributed by atoms with Gasteiger partial charge in [0, 0.05) is 0 Å². The molecule has 1 aliphatic carbocycles. The Morgan fingerprint density at radius 1 is 1.26 bits per heavy atom. The first-order valence-corrected chi connectivity index (χ1v) is 7.90. The Labute approximate surface area is 118 Å². The molecule has 0 bridgehead atoms. The summed E-state index contributed by atoms with van der Waals surface area (Å²) >= 11 is 0. The van der Waals surface area contributed by atoms with E-state index in [1.165, 1.54) is 19.3 Å². The van der Waals surface area contributed by atoms with Gasteiger partial charge in [-0.25, -0.2) is 0 Å². The monoisotopic (exact) mass is 269 g/mol. The Balaban J connectivity index is 2.33. The van der Waals surface area contributed by atoms with Crippen LogP contribution in [0, 0.1) is 23.7 Å². The molecule has 3 nitrogen and oxygen atoms in total. The summed E-state index contributed by atoms with van der Waals surface area (Å²) in [7, 11) is 0. The number of hydrogen-bond donors (Lipinski definition) is 2. The summed E-state index contributed by atoms with van der Waals surface area (Å²) in [5.41, 5.74) is 0. The summed E-state index contributed by atoms with van der Waals surface area (Å²) in [5.74, 6) is 1.93. The number of carboxylic acid groups (broad SMARTS) is 1. The predicted molar refractivity (Wildman–Crippen MR) is 79.2 cm³/mol. The Morgan fingerprint density at radius 2 is 1.84 bits per heavy atom. The third kappa shape index (κ3) is 5.52. The van der Waals surface area contributed by atoms with Crippen molar-refractivity contribution in [2.75, 3.05) is 6.54 Å². The summed E-state index contributed by atoms with van der Waals surface area (Å²) < 4.78 is 0. The summed E-state index contributed by atoms with van der Waals surface area (Å²) in [6.07, 6.45) is 6.01. The molecule has 1 aliphatic rings. The van der Waals surface area contributed by atoms with Crippen molar-refractivity contribution in [3.05, 3.63) is 0 Å². The van der Waals surface area contributed by atoms with Gasteiger partial charge in [-0.1, -0.05) is 34.1 Å². The van der Waals surface area contributed by atoms with E-state index >= 15 is 0 Å². The van der Waals surface area contributed by atoms with Crippen molar-refractivity contribution >= 4 is 5.97 Å². The van der Waals surface area contributed by atoms with Crippen LogP contribution in [-0.4, -0.2) is 23.7 Å². The smallest absolute Gasteiger partial charge is 0.320 e. The van der Waals surface area contributed by atoms with Crippen molar-refractivity contribution in [3.8, 4) is 0 Å². The minimum atomic E-state index is -0.709. The molecule has 112 valence electrons. The highest BCUT2D eigenvalue weighted by Crippen LogP contribution is 2.34. The zero-order chi connectivity index (χ0) is 14.4. The van der Waals surface area contributed by atoms with Crippen molar-refractivity contribution in [2.24, 2.45) is 23.7 Å². The SMILES string of the molecule is CC[C@H](C)[C@H](NCCC1CC(C)CC(C)C1)C(=O)O. The van der Waals surface area contributed by atoms with E-state index in [-0.39, 0.29) is 12.0 Å². The molecule has 0 saturated heterocycles. The second-order valence-electron chi connectivity index (χ2n) is 6.73. The first kappa shape index (κ1) is 16.5. The largest absolute Gasteiger partial charge is 0.480 e. The molecule has 1 rings (SSSR count). The van der Waals surface area contributed by atoms with Crippen LogP contribution in [0.25, 0.3) is 0 Å². The van der Waals surface area contributed by atoms with Gasteiger partial charge in [0.15, 0.2) is 0 Å². The van der Waals surface area contributed by atoms with Crippen LogP contribution < -0.4 is 5.32 Å². The normalized spacial score (nSPS) is 30.8. The van der Waals surface area contributed by atoms with Gasteiger partial charge < -0.3 is 10.4 Å². The van der Waals surface area contributed by atoms with E-state index in [0.717, 1.165) is 37.1 Å². The molecule has 1 saturated carbocycles. The van der Waals surface area contributed by atoms with Crippen LogP contribution in [0.3, 0.4) is 0 Å². The van der Waals surface area contributed by atoms with Crippen LogP contribution >= 0.6 is 0 Å². The van der Waals surface area contributed by atoms with Crippen LogP contribution in [0.5, 0.6) is 0 Å². The lowest BCUT2D eigenvalue weighted by Gasteiger charge is -2.32. The van der Waals surface area contributed by atoms with E-state index in [1.54, 1.807) is 0 Å². The molecule has 0 amide bonds. The number of carbonyl (C=O) groups is 1. The van der Waals surface area contributed by atoms with E-state index in [1.807, 2.05) is 13.8 Å². The van der Waals surface area contributed by atoms with Crippen molar-refractivity contribution < 1.29 is 9.90 Å². The fourth-order valence-electron chi connectivity index (χ4n) is 3.56. The van der Waals surface area contributed by atoms with Crippen LogP contribution in [0.1, 0.15) is 59.8 Å². The van der Waals surface area contributed by atoms with Crippen molar-refractivity contribution in [1.82, 2.24) is 5.32 Å². The zero-order valence-corrected chi connectivity index (χ0v) is 13.0. The number of aliphatic carboxylic acids is 1. The number of hydrogen-bond acceptors (Lipinski definition) is 2. The molecular weight excluding hydrogens is 238 g/mol. The van der Waals surface area contributed by atoms with Crippen LogP contribution in [0.2, 0.25) is 0 Å². The quantitative estimate of drug-likeness (QED) is 0.743. The Hall–Kier alpha value is -0.570. The maximum atomic E-state index is 11.2. The first-order chi connectivity index (χ1) is 8.93. The fourth-order valence-corrected chi connectivity index (χ4v) is 3.56. The highest BCUT2D eigenvalue weighted by Gasteiger charge is 2.25. The molecule has 0 aromatic rings. The molecule has 3 heteroatoms. The molecule has 0 aromatic carbocycles. The summed E-state index contributed by atoms with van der Waals surface area (Å²) in [4.78, 5) is 11.2. The van der Waals surface area contributed by atoms with Crippen LogP contribution in [0.15, 0.2) is 0 Å². The zero-order valence-electron chi connectivity index (χ0n) is 13.0. The van der Waals surface area contributed by atoms with Gasteiger partial charge in [-0.2, -0.15) is 0 Å². The van der Waals surface area contributed by atoms with Gasteiger partial charge in [-0.05, 0) is 55.9 Å². The second-order valence-corrected chi connectivity index (χ2v) is 6.73. The van der Waals surface area contributed by atoms with Gasteiger partial charge in [0.1, 0.15) is 6.04 Å². The molecule has 0 radical (unpaired) electrons. The Morgan fingerprint density at radius 3 is 2.32 bits per heavy atom. The van der Waals surface area contributed by atoms with Crippen LogP contribution in [-0.2, 0) is 4.79 Å². The number of carboxylic acids is 1. The lowest BCUT2D eigenvalue weighted by molar-refractivity contribution is -0.140. The van der Waals surface area contributed by atoms with E-state index in [0.29, 0.717) is 0 Å². The van der Waals surface area contributed by atoms with Gasteiger partial charge in [0.2, 0.25) is 0 Å². The fraction of sp³-hybridized carbons (Fsp3) is 0.938. The van der Waals surface area contributed by atoms with Gasteiger partial charge in [-0.3, -0.25) is 4.79 Å². The third-order valence-electron chi connectivity index (χ3n) is 4.67. The summed E-state index contributed by atoms with van der Waals surface area (Å²) in [6, 6.07) is -0.386. The molecule has 0 aliphatic heterocycles.